The lowest BCUT2D eigenvalue weighted by Crippen LogP contribution is -2.45. The van der Waals surface area contributed by atoms with Crippen molar-refractivity contribution in [2.75, 3.05) is 22.9 Å². The fourth-order valence-corrected chi connectivity index (χ4v) is 5.45. The van der Waals surface area contributed by atoms with Gasteiger partial charge in [-0.3, -0.25) is 9.10 Å². The molecule has 1 amide bonds. The number of hydrogen-bond donors (Lipinski definition) is 0. The highest BCUT2D eigenvalue weighted by molar-refractivity contribution is 7.92. The fourth-order valence-electron chi connectivity index (χ4n) is 4.00. The van der Waals surface area contributed by atoms with Gasteiger partial charge in [0, 0.05) is 11.7 Å². The molecule has 0 aliphatic carbocycles. The lowest BCUT2D eigenvalue weighted by Gasteiger charge is -2.29. The van der Waals surface area contributed by atoms with E-state index in [-0.39, 0.29) is 23.4 Å². The summed E-state index contributed by atoms with van der Waals surface area (Å²) in [4.78, 5) is 15.3. The summed E-state index contributed by atoms with van der Waals surface area (Å²) in [7, 11) is -2.52. The van der Waals surface area contributed by atoms with E-state index in [1.54, 1.807) is 47.4 Å². The van der Waals surface area contributed by atoms with Gasteiger partial charge in [0.2, 0.25) is 5.91 Å². The summed E-state index contributed by atoms with van der Waals surface area (Å²) in [6, 6.07) is 22.6. The average molecular weight is 437 g/mol. The molecule has 1 unspecified atom stereocenters. The number of benzene rings is 3. The number of nitrogens with zero attached hydrogens (tertiary/aromatic N) is 2. The number of methoxy groups -OCH3 is 1. The molecular formula is C24H24N2O4S. The molecule has 1 heterocycles. The molecule has 3 aromatic rings. The predicted octanol–water partition coefficient (Wildman–Crippen LogP) is 3.87. The molecule has 6 nitrogen and oxygen atoms in total. The SMILES string of the molecule is COc1ccccc1N(CC(=O)N1c2ccccc2CC1C)S(=O)(=O)c1ccccc1. The Hall–Kier alpha value is -3.32. The number of hydrogen-bond acceptors (Lipinski definition) is 4. The number of sulfonamides is 1. The zero-order valence-corrected chi connectivity index (χ0v) is 18.2. The van der Waals surface area contributed by atoms with E-state index in [1.807, 2.05) is 31.2 Å². The first-order valence-electron chi connectivity index (χ1n) is 10.0. The Balaban J connectivity index is 1.76. The van der Waals surface area contributed by atoms with Crippen LogP contribution in [-0.2, 0) is 21.2 Å². The molecule has 1 aliphatic heterocycles. The van der Waals surface area contributed by atoms with Gasteiger partial charge < -0.3 is 9.64 Å². The smallest absolute Gasteiger partial charge is 0.264 e. The largest absolute Gasteiger partial charge is 0.495 e. The van der Waals surface area contributed by atoms with Gasteiger partial charge in [0.05, 0.1) is 17.7 Å². The molecule has 7 heteroatoms. The van der Waals surface area contributed by atoms with Crippen LogP contribution in [0.4, 0.5) is 11.4 Å². The molecule has 31 heavy (non-hydrogen) atoms. The molecule has 0 spiro atoms. The van der Waals surface area contributed by atoms with Crippen molar-refractivity contribution in [2.24, 2.45) is 0 Å². The van der Waals surface area contributed by atoms with Crippen LogP contribution in [0.1, 0.15) is 12.5 Å². The molecule has 1 atom stereocenters. The van der Waals surface area contributed by atoms with Crippen molar-refractivity contribution < 1.29 is 17.9 Å². The zero-order chi connectivity index (χ0) is 22.0. The highest BCUT2D eigenvalue weighted by atomic mass is 32.2. The van der Waals surface area contributed by atoms with Gasteiger partial charge in [-0.1, -0.05) is 48.5 Å². The molecule has 0 bridgehead atoms. The first-order chi connectivity index (χ1) is 14.9. The normalized spacial score (nSPS) is 15.4. The maximum Gasteiger partial charge on any atom is 0.264 e. The maximum absolute atomic E-state index is 13.6. The molecule has 0 N–H and O–H groups in total. The molecule has 3 aromatic carbocycles. The average Bonchev–Trinajstić information content (AvgIpc) is 3.13. The topological polar surface area (TPSA) is 66.9 Å². The minimum Gasteiger partial charge on any atom is -0.495 e. The summed E-state index contributed by atoms with van der Waals surface area (Å²) in [6.45, 7) is 1.63. The number of para-hydroxylation sites is 3. The van der Waals surface area contributed by atoms with E-state index >= 15 is 0 Å². The summed E-state index contributed by atoms with van der Waals surface area (Å²) >= 11 is 0. The van der Waals surface area contributed by atoms with Gasteiger partial charge in [0.15, 0.2) is 0 Å². The zero-order valence-electron chi connectivity index (χ0n) is 17.4. The molecule has 0 saturated carbocycles. The molecular weight excluding hydrogens is 412 g/mol. The van der Waals surface area contributed by atoms with Crippen molar-refractivity contribution in [1.82, 2.24) is 0 Å². The second-order valence-corrected chi connectivity index (χ2v) is 9.30. The van der Waals surface area contributed by atoms with Crippen LogP contribution in [0.2, 0.25) is 0 Å². The molecule has 0 fully saturated rings. The first kappa shape index (κ1) is 20.9. The summed E-state index contributed by atoms with van der Waals surface area (Å²) in [5.41, 5.74) is 2.23. The number of ether oxygens (including phenoxy) is 1. The number of fused-ring (bicyclic) bond motifs is 1. The van der Waals surface area contributed by atoms with E-state index in [2.05, 4.69) is 0 Å². The van der Waals surface area contributed by atoms with E-state index in [4.69, 9.17) is 4.74 Å². The molecule has 4 rings (SSSR count). The Kier molecular flexibility index (Phi) is 5.69. The van der Waals surface area contributed by atoms with E-state index < -0.39 is 10.0 Å². The van der Waals surface area contributed by atoms with Gasteiger partial charge in [-0.2, -0.15) is 0 Å². The number of carbonyl (C=O) groups excluding carboxylic acids is 1. The minimum atomic E-state index is -4.00. The van der Waals surface area contributed by atoms with Crippen LogP contribution < -0.4 is 13.9 Å². The van der Waals surface area contributed by atoms with Crippen LogP contribution in [0.3, 0.4) is 0 Å². The maximum atomic E-state index is 13.6. The Morgan fingerprint density at radius 1 is 1.00 bits per heavy atom. The van der Waals surface area contributed by atoms with Gasteiger partial charge in [-0.15, -0.1) is 0 Å². The highest BCUT2D eigenvalue weighted by Crippen LogP contribution is 2.35. The standard InChI is InChI=1S/C24H24N2O4S/c1-18-16-19-10-6-7-13-21(19)26(18)24(27)17-25(22-14-8-9-15-23(22)30-2)31(28,29)20-11-4-3-5-12-20/h3-15,18H,16-17H2,1-2H3. The van der Waals surface area contributed by atoms with Crippen LogP contribution in [-0.4, -0.2) is 34.0 Å². The van der Waals surface area contributed by atoms with Crippen LogP contribution in [0, 0.1) is 0 Å². The Labute approximate surface area is 182 Å². The lowest BCUT2D eigenvalue weighted by molar-refractivity contribution is -0.117. The number of amides is 1. The van der Waals surface area contributed by atoms with Crippen molar-refractivity contribution in [3.05, 3.63) is 84.4 Å². The van der Waals surface area contributed by atoms with E-state index in [1.165, 1.54) is 19.2 Å². The number of carbonyl (C=O) groups is 1. The molecule has 0 aromatic heterocycles. The van der Waals surface area contributed by atoms with E-state index in [0.717, 1.165) is 22.0 Å². The monoisotopic (exact) mass is 436 g/mol. The third-order valence-electron chi connectivity index (χ3n) is 5.44. The number of anilines is 2. The van der Waals surface area contributed by atoms with Crippen LogP contribution >= 0.6 is 0 Å². The quantitative estimate of drug-likeness (QED) is 0.588. The lowest BCUT2D eigenvalue weighted by atomic mass is 10.1. The molecule has 0 saturated heterocycles. The van der Waals surface area contributed by atoms with Crippen molar-refractivity contribution in [3.8, 4) is 5.75 Å². The summed E-state index contributed by atoms with van der Waals surface area (Å²) in [5, 5.41) is 0. The van der Waals surface area contributed by atoms with Gasteiger partial charge >= 0.3 is 0 Å². The second kappa shape index (κ2) is 8.43. The highest BCUT2D eigenvalue weighted by Gasteiger charge is 2.35. The van der Waals surface area contributed by atoms with Gasteiger partial charge in [0.1, 0.15) is 12.3 Å². The van der Waals surface area contributed by atoms with Crippen LogP contribution in [0.5, 0.6) is 5.75 Å². The van der Waals surface area contributed by atoms with Gasteiger partial charge in [0.25, 0.3) is 10.0 Å². The van der Waals surface area contributed by atoms with Crippen molar-refractivity contribution in [2.45, 2.75) is 24.3 Å². The van der Waals surface area contributed by atoms with Crippen molar-refractivity contribution >= 4 is 27.3 Å². The van der Waals surface area contributed by atoms with Crippen molar-refractivity contribution in [3.63, 3.8) is 0 Å². The Morgan fingerprint density at radius 3 is 2.39 bits per heavy atom. The molecule has 1 aliphatic rings. The second-order valence-electron chi connectivity index (χ2n) is 7.44. The van der Waals surface area contributed by atoms with Crippen LogP contribution in [0.15, 0.2) is 83.8 Å². The summed E-state index contributed by atoms with van der Waals surface area (Å²) in [6.07, 6.45) is 0.738. The summed E-state index contributed by atoms with van der Waals surface area (Å²) in [5.74, 6) is 0.0903. The van der Waals surface area contributed by atoms with Gasteiger partial charge in [-0.25, -0.2) is 8.42 Å². The van der Waals surface area contributed by atoms with E-state index in [0.29, 0.717) is 11.4 Å². The number of rotatable bonds is 6. The molecule has 0 radical (unpaired) electrons. The summed E-state index contributed by atoms with van der Waals surface area (Å²) < 4.78 is 33.7. The van der Waals surface area contributed by atoms with E-state index in [9.17, 15) is 13.2 Å². The Bertz CT molecular complexity index is 1190. The predicted molar refractivity (Wildman–Crippen MR) is 121 cm³/mol. The Morgan fingerprint density at radius 2 is 1.65 bits per heavy atom. The third kappa shape index (κ3) is 3.88. The fraction of sp³-hybridized carbons (Fsp3) is 0.208. The minimum absolute atomic E-state index is 0.0520. The molecule has 160 valence electrons. The van der Waals surface area contributed by atoms with Crippen LogP contribution in [0.25, 0.3) is 0 Å². The first-order valence-corrected chi connectivity index (χ1v) is 11.5. The van der Waals surface area contributed by atoms with Crippen molar-refractivity contribution in [1.29, 1.82) is 0 Å². The van der Waals surface area contributed by atoms with Gasteiger partial charge in [-0.05, 0) is 49.2 Å². The third-order valence-corrected chi connectivity index (χ3v) is 7.21.